The maximum atomic E-state index is 12.4. The lowest BCUT2D eigenvalue weighted by molar-refractivity contribution is 0.0717. The Morgan fingerprint density at radius 1 is 1.41 bits per heavy atom. The van der Waals surface area contributed by atoms with Gasteiger partial charge in [-0.3, -0.25) is 4.79 Å². The highest BCUT2D eigenvalue weighted by Gasteiger charge is 2.20. The third-order valence-corrected chi connectivity index (χ3v) is 2.90. The van der Waals surface area contributed by atoms with Crippen molar-refractivity contribution in [3.8, 4) is 0 Å². The van der Waals surface area contributed by atoms with Gasteiger partial charge in [-0.15, -0.1) is 0 Å². The number of nitrogens with zero attached hydrogens (tertiary/aromatic N) is 3. The number of amides is 1. The van der Waals surface area contributed by atoms with Gasteiger partial charge in [-0.25, -0.2) is 0 Å². The van der Waals surface area contributed by atoms with Gasteiger partial charge >= 0.3 is 0 Å². The van der Waals surface area contributed by atoms with Crippen LogP contribution in [0.3, 0.4) is 0 Å². The lowest BCUT2D eigenvalue weighted by Crippen LogP contribution is -2.38. The number of rotatable bonds is 4. The number of hydrogen-bond donors (Lipinski definition) is 0. The first-order valence-electron chi connectivity index (χ1n) is 5.65. The summed E-state index contributed by atoms with van der Waals surface area (Å²) in [5, 5.41) is 8.71. The lowest BCUT2D eigenvalue weighted by Gasteiger charge is -2.26. The third-order valence-electron chi connectivity index (χ3n) is 2.54. The highest BCUT2D eigenvalue weighted by Crippen LogP contribution is 2.12. The summed E-state index contributed by atoms with van der Waals surface area (Å²) >= 11 is 3.37. The first kappa shape index (κ1) is 14.1. The SMILES string of the molecule is Cc1cc(C(=O)N(CCBr)C(C)C)c(C)nn1. The van der Waals surface area contributed by atoms with Gasteiger partial charge in [0.15, 0.2) is 0 Å². The van der Waals surface area contributed by atoms with Crippen molar-refractivity contribution in [1.29, 1.82) is 0 Å². The van der Waals surface area contributed by atoms with Gasteiger partial charge in [0.25, 0.3) is 5.91 Å². The summed E-state index contributed by atoms with van der Waals surface area (Å²) in [5.41, 5.74) is 2.09. The van der Waals surface area contributed by atoms with Crippen molar-refractivity contribution in [1.82, 2.24) is 15.1 Å². The molecule has 94 valence electrons. The van der Waals surface area contributed by atoms with Gasteiger partial charge < -0.3 is 4.90 Å². The number of aryl methyl sites for hydroxylation is 2. The zero-order valence-electron chi connectivity index (χ0n) is 10.7. The topological polar surface area (TPSA) is 46.1 Å². The van der Waals surface area contributed by atoms with E-state index in [1.807, 2.05) is 32.6 Å². The van der Waals surface area contributed by atoms with Crippen LogP contribution < -0.4 is 0 Å². The van der Waals surface area contributed by atoms with Crippen LogP contribution in [0.15, 0.2) is 6.07 Å². The molecule has 17 heavy (non-hydrogen) atoms. The number of hydrogen-bond acceptors (Lipinski definition) is 3. The van der Waals surface area contributed by atoms with E-state index < -0.39 is 0 Å². The molecule has 0 radical (unpaired) electrons. The van der Waals surface area contributed by atoms with Crippen LogP contribution in [-0.2, 0) is 0 Å². The molecule has 0 saturated heterocycles. The minimum Gasteiger partial charge on any atom is -0.335 e. The summed E-state index contributed by atoms with van der Waals surface area (Å²) < 4.78 is 0. The zero-order chi connectivity index (χ0) is 13.0. The van der Waals surface area contributed by atoms with Crippen LogP contribution in [0.4, 0.5) is 0 Å². The molecule has 0 spiro atoms. The van der Waals surface area contributed by atoms with Crippen LogP contribution in [0.25, 0.3) is 0 Å². The van der Waals surface area contributed by atoms with E-state index in [1.54, 1.807) is 6.07 Å². The molecule has 0 fully saturated rings. The maximum absolute atomic E-state index is 12.4. The second-order valence-electron chi connectivity index (χ2n) is 4.27. The van der Waals surface area contributed by atoms with Crippen LogP contribution in [-0.4, -0.2) is 38.9 Å². The second kappa shape index (κ2) is 6.10. The van der Waals surface area contributed by atoms with Crippen LogP contribution in [0.1, 0.15) is 35.6 Å². The van der Waals surface area contributed by atoms with Gasteiger partial charge in [0.1, 0.15) is 0 Å². The largest absolute Gasteiger partial charge is 0.335 e. The normalized spacial score (nSPS) is 10.7. The Bertz CT molecular complexity index is 407. The van der Waals surface area contributed by atoms with E-state index >= 15 is 0 Å². The lowest BCUT2D eigenvalue weighted by atomic mass is 10.1. The van der Waals surface area contributed by atoms with E-state index in [0.29, 0.717) is 17.8 Å². The second-order valence-corrected chi connectivity index (χ2v) is 5.06. The Hall–Kier alpha value is -0.970. The number of alkyl halides is 1. The summed E-state index contributed by atoms with van der Waals surface area (Å²) in [5.74, 6) is 0.0231. The van der Waals surface area contributed by atoms with Gasteiger partial charge in [0.05, 0.1) is 17.0 Å². The highest BCUT2D eigenvalue weighted by molar-refractivity contribution is 9.09. The summed E-state index contributed by atoms with van der Waals surface area (Å²) in [4.78, 5) is 14.2. The molecule has 1 rings (SSSR count). The minimum absolute atomic E-state index is 0.0231. The third kappa shape index (κ3) is 3.49. The van der Waals surface area contributed by atoms with Crippen LogP contribution in [0, 0.1) is 13.8 Å². The molecule has 1 heterocycles. The zero-order valence-corrected chi connectivity index (χ0v) is 12.3. The monoisotopic (exact) mass is 299 g/mol. The summed E-state index contributed by atoms with van der Waals surface area (Å²) in [6, 6.07) is 1.97. The highest BCUT2D eigenvalue weighted by atomic mass is 79.9. The average molecular weight is 300 g/mol. The van der Waals surface area contributed by atoms with E-state index in [-0.39, 0.29) is 11.9 Å². The quantitative estimate of drug-likeness (QED) is 0.802. The average Bonchev–Trinajstić information content (AvgIpc) is 2.28. The predicted octanol–water partition coefficient (Wildman–Crippen LogP) is 2.34. The number of carbonyl (C=O) groups excluding carboxylic acids is 1. The van der Waals surface area contributed by atoms with Crippen molar-refractivity contribution in [2.45, 2.75) is 33.7 Å². The summed E-state index contributed by atoms with van der Waals surface area (Å²) in [6.45, 7) is 8.37. The molecular formula is C12H18BrN3O. The molecule has 1 aromatic rings. The molecule has 0 aromatic carbocycles. The van der Waals surface area contributed by atoms with Crippen molar-refractivity contribution in [2.24, 2.45) is 0 Å². The first-order chi connectivity index (χ1) is 7.97. The smallest absolute Gasteiger partial charge is 0.256 e. The molecule has 1 aromatic heterocycles. The van der Waals surface area contributed by atoms with Crippen LogP contribution >= 0.6 is 15.9 Å². The van der Waals surface area contributed by atoms with Crippen LogP contribution in [0.2, 0.25) is 0 Å². The molecule has 0 saturated carbocycles. The Kier molecular flexibility index (Phi) is 5.05. The van der Waals surface area contributed by atoms with E-state index in [9.17, 15) is 4.79 Å². The molecule has 0 bridgehead atoms. The standard InChI is InChI=1S/C12H18BrN3O/c1-8(2)16(6-5-13)12(17)11-7-9(3)14-15-10(11)4/h7-8H,5-6H2,1-4H3. The van der Waals surface area contributed by atoms with Crippen molar-refractivity contribution >= 4 is 21.8 Å². The maximum Gasteiger partial charge on any atom is 0.256 e. The Morgan fingerprint density at radius 3 is 2.59 bits per heavy atom. The molecule has 0 aliphatic carbocycles. The van der Waals surface area contributed by atoms with E-state index in [2.05, 4.69) is 26.1 Å². The van der Waals surface area contributed by atoms with E-state index in [0.717, 1.165) is 11.0 Å². The molecule has 0 atom stereocenters. The fraction of sp³-hybridized carbons (Fsp3) is 0.583. The first-order valence-corrected chi connectivity index (χ1v) is 6.77. The Labute approximate surface area is 111 Å². The number of halogens is 1. The van der Waals surface area contributed by atoms with Gasteiger partial charge in [0, 0.05) is 17.9 Å². The Balaban J connectivity index is 3.04. The van der Waals surface area contributed by atoms with Crippen molar-refractivity contribution in [2.75, 3.05) is 11.9 Å². The summed E-state index contributed by atoms with van der Waals surface area (Å²) in [6.07, 6.45) is 0. The minimum atomic E-state index is 0.0231. The number of carbonyl (C=O) groups is 1. The molecule has 0 aliphatic rings. The van der Waals surface area contributed by atoms with E-state index in [4.69, 9.17) is 0 Å². The van der Waals surface area contributed by atoms with Gasteiger partial charge in [-0.2, -0.15) is 10.2 Å². The Morgan fingerprint density at radius 2 is 2.06 bits per heavy atom. The summed E-state index contributed by atoms with van der Waals surface area (Å²) in [7, 11) is 0. The van der Waals surface area contributed by atoms with Crippen molar-refractivity contribution in [3.05, 3.63) is 23.0 Å². The molecule has 1 amide bonds. The molecule has 4 nitrogen and oxygen atoms in total. The molecule has 0 N–H and O–H groups in total. The predicted molar refractivity (Wildman–Crippen MR) is 71.5 cm³/mol. The fourth-order valence-corrected chi connectivity index (χ4v) is 1.99. The van der Waals surface area contributed by atoms with Crippen molar-refractivity contribution in [3.63, 3.8) is 0 Å². The van der Waals surface area contributed by atoms with Gasteiger partial charge in [-0.1, -0.05) is 15.9 Å². The molecule has 0 aliphatic heterocycles. The van der Waals surface area contributed by atoms with Crippen LogP contribution in [0.5, 0.6) is 0 Å². The molecule has 5 heteroatoms. The van der Waals surface area contributed by atoms with Crippen molar-refractivity contribution < 1.29 is 4.79 Å². The van der Waals surface area contributed by atoms with Gasteiger partial charge in [0.2, 0.25) is 0 Å². The van der Waals surface area contributed by atoms with E-state index in [1.165, 1.54) is 0 Å². The fourth-order valence-electron chi connectivity index (χ4n) is 1.61. The molecular weight excluding hydrogens is 282 g/mol. The molecule has 0 unspecified atom stereocenters. The van der Waals surface area contributed by atoms with Gasteiger partial charge in [-0.05, 0) is 33.8 Å². The number of aromatic nitrogens is 2.